The first-order chi connectivity index (χ1) is 12.0. The van der Waals surface area contributed by atoms with E-state index in [9.17, 15) is 22.8 Å². The van der Waals surface area contributed by atoms with Crippen molar-refractivity contribution >= 4 is 23.5 Å². The Morgan fingerprint density at radius 3 is 2.27 bits per heavy atom. The summed E-state index contributed by atoms with van der Waals surface area (Å²) in [6.45, 7) is 2.74. The number of amides is 1. The molecule has 1 aromatic carbocycles. The molecule has 0 aromatic heterocycles. The van der Waals surface area contributed by atoms with Gasteiger partial charge in [0.15, 0.2) is 5.41 Å². The van der Waals surface area contributed by atoms with Crippen LogP contribution in [-0.2, 0) is 9.59 Å². The predicted molar refractivity (Wildman–Crippen MR) is 91.0 cm³/mol. The Balaban J connectivity index is 2.29. The zero-order valence-electron chi connectivity index (χ0n) is 14.5. The molecule has 2 rings (SSSR count). The Morgan fingerprint density at radius 2 is 1.85 bits per heavy atom. The van der Waals surface area contributed by atoms with E-state index in [0.29, 0.717) is 17.0 Å². The number of nitrogens with zero attached hydrogens (tertiary/aromatic N) is 1. The van der Waals surface area contributed by atoms with Gasteiger partial charge >= 0.3 is 12.1 Å². The van der Waals surface area contributed by atoms with Gasteiger partial charge in [0.05, 0.1) is 5.92 Å². The summed E-state index contributed by atoms with van der Waals surface area (Å²) in [4.78, 5) is 25.3. The third-order valence-electron chi connectivity index (χ3n) is 4.81. The second-order valence-corrected chi connectivity index (χ2v) is 7.56. The minimum atomic E-state index is -4.91. The van der Waals surface area contributed by atoms with Crippen molar-refractivity contribution in [3.05, 3.63) is 34.9 Å². The summed E-state index contributed by atoms with van der Waals surface area (Å²) in [6.07, 6.45) is -5.10. The third-order valence-corrected chi connectivity index (χ3v) is 5.06. The molecule has 1 aliphatic heterocycles. The molecule has 2 unspecified atom stereocenters. The number of halogens is 4. The molecule has 0 bridgehead atoms. The molecule has 144 valence electrons. The van der Waals surface area contributed by atoms with Crippen LogP contribution in [0.25, 0.3) is 0 Å². The number of carbonyl (C=O) groups is 2. The Hall–Kier alpha value is -1.76. The summed E-state index contributed by atoms with van der Waals surface area (Å²) in [7, 11) is 0. The van der Waals surface area contributed by atoms with Crippen molar-refractivity contribution in [3.8, 4) is 0 Å². The lowest BCUT2D eigenvalue weighted by molar-refractivity contribution is -0.227. The topological polar surface area (TPSA) is 57.6 Å². The van der Waals surface area contributed by atoms with Gasteiger partial charge in [-0.05, 0) is 36.5 Å². The number of hydrogen-bond acceptors (Lipinski definition) is 2. The van der Waals surface area contributed by atoms with Crippen molar-refractivity contribution in [2.75, 3.05) is 13.1 Å². The Kier molecular flexibility index (Phi) is 5.90. The standard InChI is InChI=1S/C18H21ClF3NO3/c1-11(2)9-14(12-3-5-13(19)6-4-12)15(24)23-8-7-17(10-23,16(25)26)18(20,21)22/h3-6,11,14H,7-10H2,1-2H3,(H,25,26). The molecule has 0 saturated carbocycles. The van der Waals surface area contributed by atoms with E-state index in [1.807, 2.05) is 13.8 Å². The number of carbonyl (C=O) groups excluding carboxylic acids is 1. The molecule has 0 aliphatic carbocycles. The number of carboxylic acids is 1. The van der Waals surface area contributed by atoms with Gasteiger partial charge in [-0.1, -0.05) is 37.6 Å². The summed E-state index contributed by atoms with van der Waals surface area (Å²) in [5.41, 5.74) is -2.24. The van der Waals surface area contributed by atoms with Crippen LogP contribution in [0.2, 0.25) is 5.02 Å². The van der Waals surface area contributed by atoms with Crippen LogP contribution in [0.5, 0.6) is 0 Å². The fourth-order valence-electron chi connectivity index (χ4n) is 3.29. The minimum absolute atomic E-state index is 0.133. The Labute approximate surface area is 154 Å². The van der Waals surface area contributed by atoms with Crippen molar-refractivity contribution in [3.63, 3.8) is 0 Å². The molecule has 1 aliphatic rings. The molecular weight excluding hydrogens is 371 g/mol. The predicted octanol–water partition coefficient (Wildman–Crippen LogP) is 4.34. The maximum Gasteiger partial charge on any atom is 0.406 e. The molecule has 1 saturated heterocycles. The van der Waals surface area contributed by atoms with Crippen molar-refractivity contribution in [2.24, 2.45) is 11.3 Å². The first-order valence-corrected chi connectivity index (χ1v) is 8.70. The molecule has 1 fully saturated rings. The summed E-state index contributed by atoms with van der Waals surface area (Å²) >= 11 is 5.87. The highest BCUT2D eigenvalue weighted by molar-refractivity contribution is 6.30. The van der Waals surface area contributed by atoms with E-state index in [0.717, 1.165) is 4.90 Å². The average Bonchev–Trinajstić information content (AvgIpc) is 2.99. The molecule has 0 spiro atoms. The molecule has 4 nitrogen and oxygen atoms in total. The van der Waals surface area contributed by atoms with E-state index in [1.165, 1.54) is 0 Å². The average molecular weight is 392 g/mol. The first-order valence-electron chi connectivity index (χ1n) is 8.32. The van der Waals surface area contributed by atoms with Crippen LogP contribution in [0.1, 0.15) is 38.2 Å². The van der Waals surface area contributed by atoms with Crippen molar-refractivity contribution in [1.29, 1.82) is 0 Å². The number of benzene rings is 1. The SMILES string of the molecule is CC(C)CC(C(=O)N1CCC(C(=O)O)(C(F)(F)F)C1)c1ccc(Cl)cc1. The summed E-state index contributed by atoms with van der Waals surface area (Å²) in [5.74, 6) is -2.92. The largest absolute Gasteiger partial charge is 0.481 e. The summed E-state index contributed by atoms with van der Waals surface area (Å²) in [5, 5.41) is 9.65. The van der Waals surface area contributed by atoms with Gasteiger partial charge in [-0.2, -0.15) is 13.2 Å². The van der Waals surface area contributed by atoms with Crippen LogP contribution in [0.4, 0.5) is 13.2 Å². The fraction of sp³-hybridized carbons (Fsp3) is 0.556. The molecule has 0 radical (unpaired) electrons. The van der Waals surface area contributed by atoms with Crippen LogP contribution >= 0.6 is 11.6 Å². The van der Waals surface area contributed by atoms with Crippen LogP contribution < -0.4 is 0 Å². The molecular formula is C18H21ClF3NO3. The van der Waals surface area contributed by atoms with Crippen LogP contribution in [0, 0.1) is 11.3 Å². The minimum Gasteiger partial charge on any atom is -0.481 e. The zero-order valence-corrected chi connectivity index (χ0v) is 15.3. The third kappa shape index (κ3) is 3.98. The van der Waals surface area contributed by atoms with Gasteiger partial charge in [0.1, 0.15) is 0 Å². The second kappa shape index (κ2) is 7.47. The smallest absolute Gasteiger partial charge is 0.406 e. The molecule has 8 heteroatoms. The molecule has 26 heavy (non-hydrogen) atoms. The van der Waals surface area contributed by atoms with Crippen molar-refractivity contribution in [1.82, 2.24) is 4.90 Å². The van der Waals surface area contributed by atoms with Crippen LogP contribution in [0.3, 0.4) is 0 Å². The van der Waals surface area contributed by atoms with Crippen LogP contribution in [0.15, 0.2) is 24.3 Å². The molecule has 1 N–H and O–H groups in total. The lowest BCUT2D eigenvalue weighted by atomic mass is 9.86. The number of carboxylic acid groups (broad SMARTS) is 1. The van der Waals surface area contributed by atoms with Gasteiger partial charge in [0.25, 0.3) is 0 Å². The van der Waals surface area contributed by atoms with Gasteiger partial charge < -0.3 is 10.0 Å². The van der Waals surface area contributed by atoms with E-state index in [-0.39, 0.29) is 12.5 Å². The van der Waals surface area contributed by atoms with Crippen molar-refractivity contribution in [2.45, 2.75) is 38.8 Å². The van der Waals surface area contributed by atoms with Crippen LogP contribution in [-0.4, -0.2) is 41.1 Å². The number of alkyl halides is 3. The molecule has 1 aromatic rings. The summed E-state index contributed by atoms with van der Waals surface area (Å²) < 4.78 is 40.0. The highest BCUT2D eigenvalue weighted by Gasteiger charge is 2.64. The van der Waals surface area contributed by atoms with Gasteiger partial charge in [-0.15, -0.1) is 0 Å². The Morgan fingerprint density at radius 1 is 1.27 bits per heavy atom. The number of hydrogen-bond donors (Lipinski definition) is 1. The van der Waals surface area contributed by atoms with Gasteiger partial charge in [0.2, 0.25) is 5.91 Å². The van der Waals surface area contributed by atoms with E-state index in [2.05, 4.69) is 0 Å². The zero-order chi connectivity index (χ0) is 19.7. The van der Waals surface area contributed by atoms with Gasteiger partial charge in [0, 0.05) is 18.1 Å². The highest BCUT2D eigenvalue weighted by atomic mass is 35.5. The highest BCUT2D eigenvalue weighted by Crippen LogP contribution is 2.46. The Bertz CT molecular complexity index is 675. The summed E-state index contributed by atoms with van der Waals surface area (Å²) in [6, 6.07) is 6.60. The molecule has 1 heterocycles. The van der Waals surface area contributed by atoms with Gasteiger partial charge in [-0.25, -0.2) is 0 Å². The fourth-order valence-corrected chi connectivity index (χ4v) is 3.42. The maximum absolute atomic E-state index is 13.3. The quantitative estimate of drug-likeness (QED) is 0.812. The van der Waals surface area contributed by atoms with E-state index >= 15 is 0 Å². The number of rotatable bonds is 5. The first kappa shape index (κ1) is 20.6. The van der Waals surface area contributed by atoms with E-state index in [4.69, 9.17) is 16.7 Å². The second-order valence-electron chi connectivity index (χ2n) is 7.13. The number of aliphatic carboxylic acids is 1. The number of likely N-dealkylation sites (tertiary alicyclic amines) is 1. The molecule has 2 atom stereocenters. The monoisotopic (exact) mass is 391 g/mol. The van der Waals surface area contributed by atoms with E-state index in [1.54, 1.807) is 24.3 Å². The maximum atomic E-state index is 13.3. The lowest BCUT2D eigenvalue weighted by Crippen LogP contribution is -2.48. The molecule has 1 amide bonds. The van der Waals surface area contributed by atoms with Gasteiger partial charge in [-0.3, -0.25) is 9.59 Å². The van der Waals surface area contributed by atoms with Crippen molar-refractivity contribution < 1.29 is 27.9 Å². The lowest BCUT2D eigenvalue weighted by Gasteiger charge is -2.29. The normalized spacial score (nSPS) is 21.9. The van der Waals surface area contributed by atoms with E-state index < -0.39 is 42.4 Å².